The fourth-order valence-electron chi connectivity index (χ4n) is 3.89. The molecule has 0 aliphatic carbocycles. The Kier molecular flexibility index (Phi) is 9.28. The van der Waals surface area contributed by atoms with E-state index in [2.05, 4.69) is 31.3 Å². The summed E-state index contributed by atoms with van der Waals surface area (Å²) in [5.41, 5.74) is 1.39. The van der Waals surface area contributed by atoms with E-state index in [0.717, 1.165) is 24.5 Å². The van der Waals surface area contributed by atoms with Gasteiger partial charge < -0.3 is 10.1 Å². The number of benzene rings is 3. The smallest absolute Gasteiger partial charge is 0.313 e. The maximum atomic E-state index is 13.4. The minimum Gasteiger partial charge on any atom is -0.476 e. The maximum absolute atomic E-state index is 13.4. The van der Waals surface area contributed by atoms with Crippen LogP contribution in [-0.2, 0) is 11.2 Å². The van der Waals surface area contributed by atoms with Gasteiger partial charge in [-0.2, -0.15) is 9.78 Å². The van der Waals surface area contributed by atoms with E-state index >= 15 is 0 Å². The van der Waals surface area contributed by atoms with E-state index in [0.29, 0.717) is 33.3 Å². The van der Waals surface area contributed by atoms with Crippen LogP contribution in [0.2, 0.25) is 5.02 Å². The number of hydrogen-bond donors (Lipinski definition) is 1. The number of aromatic nitrogens is 2. The highest BCUT2D eigenvalue weighted by Gasteiger charge is 2.22. The van der Waals surface area contributed by atoms with Crippen LogP contribution in [0.25, 0.3) is 10.9 Å². The van der Waals surface area contributed by atoms with Gasteiger partial charge in [0, 0.05) is 33.2 Å². The van der Waals surface area contributed by atoms with Gasteiger partial charge in [-0.25, -0.2) is 4.98 Å². The van der Waals surface area contributed by atoms with Crippen LogP contribution in [0.15, 0.2) is 69.0 Å². The zero-order chi connectivity index (χ0) is 28.8. The first-order chi connectivity index (χ1) is 19.2. The molecule has 0 spiro atoms. The molecule has 0 saturated heterocycles. The summed E-state index contributed by atoms with van der Waals surface area (Å²) in [7, 11) is 0. The summed E-state index contributed by atoms with van der Waals surface area (Å²) < 4.78 is 7.51. The lowest BCUT2D eigenvalue weighted by atomic mass is 10.2. The Hall–Kier alpha value is -4.09. The Morgan fingerprint density at radius 3 is 2.67 bits per heavy atom. The van der Waals surface area contributed by atoms with Gasteiger partial charge in [0.2, 0.25) is 5.75 Å². The van der Waals surface area contributed by atoms with Crippen LogP contribution in [0.3, 0.4) is 0 Å². The molecular formula is C28H25BrClN5O5. The van der Waals surface area contributed by atoms with Gasteiger partial charge in [0.15, 0.2) is 6.61 Å². The average molecular weight is 627 g/mol. The van der Waals surface area contributed by atoms with Gasteiger partial charge in [-0.15, -0.1) is 0 Å². The third-order valence-corrected chi connectivity index (χ3v) is 6.60. The highest BCUT2D eigenvalue weighted by Crippen LogP contribution is 2.34. The van der Waals surface area contributed by atoms with Crippen molar-refractivity contribution < 1.29 is 14.5 Å². The fourth-order valence-corrected chi connectivity index (χ4v) is 4.47. The highest BCUT2D eigenvalue weighted by molar-refractivity contribution is 9.10. The van der Waals surface area contributed by atoms with Gasteiger partial charge in [-0.3, -0.25) is 19.7 Å². The lowest BCUT2D eigenvalue weighted by Gasteiger charge is -2.12. The molecule has 0 unspecified atom stereocenters. The van der Waals surface area contributed by atoms with Crippen molar-refractivity contribution in [2.24, 2.45) is 5.10 Å². The van der Waals surface area contributed by atoms with Crippen molar-refractivity contribution in [3.05, 3.63) is 102 Å². The Bertz CT molecular complexity index is 1670. The number of nitrogens with one attached hydrogen (secondary N) is 1. The summed E-state index contributed by atoms with van der Waals surface area (Å²) in [6.07, 6.45) is 3.39. The number of nitro benzene ring substituents is 1. The predicted octanol–water partition coefficient (Wildman–Crippen LogP) is 6.27. The number of nitrogens with zero attached hydrogens (tertiary/aromatic N) is 4. The number of carbonyl (C=O) groups excluding carboxylic acids is 1. The molecule has 1 heterocycles. The summed E-state index contributed by atoms with van der Waals surface area (Å²) in [5.74, 6) is -0.287. The third-order valence-electron chi connectivity index (χ3n) is 5.88. The number of amides is 1. The van der Waals surface area contributed by atoms with Gasteiger partial charge in [0.05, 0.1) is 22.0 Å². The van der Waals surface area contributed by atoms with E-state index in [4.69, 9.17) is 16.3 Å². The number of halogens is 2. The Morgan fingerprint density at radius 1 is 1.23 bits per heavy atom. The normalized spacial score (nSPS) is 11.2. The average Bonchev–Trinajstić information content (AvgIpc) is 2.92. The van der Waals surface area contributed by atoms with E-state index in [1.54, 1.807) is 30.3 Å². The second-order valence-corrected chi connectivity index (χ2v) is 10.3. The van der Waals surface area contributed by atoms with Crippen LogP contribution in [0.4, 0.5) is 11.4 Å². The predicted molar refractivity (Wildman–Crippen MR) is 159 cm³/mol. The molecule has 0 saturated carbocycles. The lowest BCUT2D eigenvalue weighted by molar-refractivity contribution is -0.385. The molecule has 1 aromatic heterocycles. The van der Waals surface area contributed by atoms with Crippen LogP contribution in [-0.4, -0.2) is 33.3 Å². The molecule has 0 radical (unpaired) electrons. The van der Waals surface area contributed by atoms with Gasteiger partial charge in [0.1, 0.15) is 5.82 Å². The monoisotopic (exact) mass is 625 g/mol. The standard InChI is InChI=1S/C28H25BrClN5O5/c1-3-4-5-25-33-23-11-8-19(29)13-22(23)28(37)34(25)31-15-18-12-20(30)14-24(35(38)39)27(18)40-16-26(36)32-21-9-6-17(2)7-10-21/h6-15H,3-5,16H2,1-2H3,(H,32,36). The first kappa shape index (κ1) is 28.9. The molecule has 3 aromatic carbocycles. The van der Waals surface area contributed by atoms with Crippen molar-refractivity contribution in [2.45, 2.75) is 33.1 Å². The lowest BCUT2D eigenvalue weighted by Crippen LogP contribution is -2.23. The second kappa shape index (κ2) is 12.8. The number of hydrogen-bond acceptors (Lipinski definition) is 7. The first-order valence-corrected chi connectivity index (χ1v) is 13.6. The molecule has 0 bridgehead atoms. The largest absolute Gasteiger partial charge is 0.476 e. The fraction of sp³-hybridized carbons (Fsp3) is 0.214. The van der Waals surface area contributed by atoms with Crippen molar-refractivity contribution >= 4 is 61.9 Å². The molecule has 0 aliphatic rings. The number of rotatable bonds is 10. The van der Waals surface area contributed by atoms with Crippen LogP contribution in [0, 0.1) is 17.0 Å². The molecule has 12 heteroatoms. The minimum absolute atomic E-state index is 0.0590. The Balaban J connectivity index is 1.71. The zero-order valence-corrected chi connectivity index (χ0v) is 24.0. The van der Waals surface area contributed by atoms with Crippen LogP contribution in [0.1, 0.15) is 36.7 Å². The number of ether oxygens (including phenoxy) is 1. The Morgan fingerprint density at radius 2 is 1.98 bits per heavy atom. The van der Waals surface area contributed by atoms with E-state index in [1.807, 2.05) is 26.0 Å². The quantitative estimate of drug-likeness (QED) is 0.125. The molecule has 0 fully saturated rings. The van der Waals surface area contributed by atoms with E-state index in [1.165, 1.54) is 17.0 Å². The van der Waals surface area contributed by atoms with Gasteiger partial charge in [0.25, 0.3) is 11.5 Å². The molecule has 0 atom stereocenters. The van der Waals surface area contributed by atoms with Gasteiger partial charge in [-0.05, 0) is 49.7 Å². The van der Waals surface area contributed by atoms with Crippen molar-refractivity contribution in [1.82, 2.24) is 9.66 Å². The molecule has 40 heavy (non-hydrogen) atoms. The summed E-state index contributed by atoms with van der Waals surface area (Å²) in [4.78, 5) is 41.7. The summed E-state index contributed by atoms with van der Waals surface area (Å²) in [6.45, 7) is 3.43. The van der Waals surface area contributed by atoms with Crippen LogP contribution >= 0.6 is 27.5 Å². The number of carbonyl (C=O) groups is 1. The number of nitro groups is 1. The number of anilines is 1. The SMILES string of the molecule is CCCCc1nc2ccc(Br)cc2c(=O)n1N=Cc1cc(Cl)cc([N+](=O)[O-])c1OCC(=O)Nc1ccc(C)cc1. The van der Waals surface area contributed by atoms with Crippen LogP contribution in [0.5, 0.6) is 5.75 Å². The van der Waals surface area contributed by atoms with Crippen LogP contribution < -0.4 is 15.6 Å². The van der Waals surface area contributed by atoms with Gasteiger partial charge in [-0.1, -0.05) is 58.6 Å². The van der Waals surface area contributed by atoms with E-state index < -0.39 is 28.7 Å². The number of unbranched alkanes of at least 4 members (excludes halogenated alkanes) is 1. The summed E-state index contributed by atoms with van der Waals surface area (Å²) >= 11 is 9.55. The summed E-state index contributed by atoms with van der Waals surface area (Å²) in [5, 5.41) is 19.3. The molecule has 1 N–H and O–H groups in total. The molecule has 4 rings (SSSR count). The van der Waals surface area contributed by atoms with Crippen molar-refractivity contribution in [2.75, 3.05) is 11.9 Å². The van der Waals surface area contributed by atoms with E-state index in [9.17, 15) is 19.7 Å². The van der Waals surface area contributed by atoms with Crippen molar-refractivity contribution in [3.8, 4) is 5.75 Å². The van der Waals surface area contributed by atoms with Crippen molar-refractivity contribution in [1.29, 1.82) is 0 Å². The number of aryl methyl sites for hydroxylation is 2. The molecular weight excluding hydrogens is 602 g/mol. The van der Waals surface area contributed by atoms with Gasteiger partial charge >= 0.3 is 5.69 Å². The first-order valence-electron chi connectivity index (χ1n) is 12.4. The third kappa shape index (κ3) is 6.91. The van der Waals surface area contributed by atoms with Crippen molar-refractivity contribution in [3.63, 3.8) is 0 Å². The maximum Gasteiger partial charge on any atom is 0.313 e. The second-order valence-electron chi connectivity index (χ2n) is 8.96. The zero-order valence-electron chi connectivity index (χ0n) is 21.7. The topological polar surface area (TPSA) is 129 Å². The molecule has 206 valence electrons. The molecule has 10 nitrogen and oxygen atoms in total. The highest BCUT2D eigenvalue weighted by atomic mass is 79.9. The molecule has 0 aliphatic heterocycles. The molecule has 4 aromatic rings. The summed E-state index contributed by atoms with van der Waals surface area (Å²) in [6, 6.07) is 14.9. The van der Waals surface area contributed by atoms with E-state index in [-0.39, 0.29) is 16.3 Å². The Labute approximate surface area is 242 Å². The minimum atomic E-state index is -0.662. The molecule has 1 amide bonds. The number of fused-ring (bicyclic) bond motifs is 1.